The van der Waals surface area contributed by atoms with Crippen LogP contribution in [0, 0.1) is 11.3 Å². The summed E-state index contributed by atoms with van der Waals surface area (Å²) in [6, 6.07) is 33.8. The van der Waals surface area contributed by atoms with E-state index in [9.17, 15) is 9.59 Å². The van der Waals surface area contributed by atoms with Gasteiger partial charge in [0, 0.05) is 5.56 Å². The summed E-state index contributed by atoms with van der Waals surface area (Å²) in [5.41, 5.74) is 5.62. The Hall–Kier alpha value is -5.52. The van der Waals surface area contributed by atoms with Crippen molar-refractivity contribution < 1.29 is 14.3 Å². The molecule has 0 radical (unpaired) electrons. The Kier molecular flexibility index (Phi) is 9.28. The van der Waals surface area contributed by atoms with Gasteiger partial charge in [-0.05, 0) is 65.4 Å². The predicted octanol–water partition coefficient (Wildman–Crippen LogP) is 6.51. The number of nitriles is 1. The van der Waals surface area contributed by atoms with Gasteiger partial charge in [0.15, 0.2) is 4.80 Å². The molecule has 0 saturated carbocycles. The van der Waals surface area contributed by atoms with Gasteiger partial charge in [-0.15, -0.1) is 0 Å². The first-order valence-corrected chi connectivity index (χ1v) is 16.3. The van der Waals surface area contributed by atoms with Gasteiger partial charge < -0.3 is 9.47 Å². The quantitative estimate of drug-likeness (QED) is 0.172. The lowest BCUT2D eigenvalue weighted by atomic mass is 9.91. The Labute approximate surface area is 277 Å². The summed E-state index contributed by atoms with van der Waals surface area (Å²) in [6.07, 6.45) is 1.83. The monoisotopic (exact) mass is 639 g/mol. The largest absolute Gasteiger partial charge is 0.489 e. The van der Waals surface area contributed by atoms with Crippen molar-refractivity contribution >= 4 is 29.1 Å². The number of ether oxygens (including phenoxy) is 2. The number of carbonyl (C=O) groups is 1. The van der Waals surface area contributed by atoms with Gasteiger partial charge >= 0.3 is 5.97 Å². The molecule has 1 aromatic heterocycles. The fourth-order valence-corrected chi connectivity index (χ4v) is 6.51. The highest BCUT2D eigenvalue weighted by atomic mass is 32.1. The smallest absolute Gasteiger partial charge is 0.338 e. The molecule has 1 aliphatic heterocycles. The molecule has 6 rings (SSSR count). The van der Waals surface area contributed by atoms with Gasteiger partial charge in [-0.1, -0.05) is 104 Å². The maximum Gasteiger partial charge on any atom is 0.338 e. The lowest BCUT2D eigenvalue weighted by molar-refractivity contribution is -0.138. The summed E-state index contributed by atoms with van der Waals surface area (Å²) in [5.74, 6) is 0.472. The highest BCUT2D eigenvalue weighted by Gasteiger charge is 2.35. The van der Waals surface area contributed by atoms with E-state index < -0.39 is 12.0 Å². The first-order valence-electron chi connectivity index (χ1n) is 15.5. The van der Waals surface area contributed by atoms with E-state index in [-0.39, 0.29) is 12.2 Å². The van der Waals surface area contributed by atoms with Gasteiger partial charge in [-0.3, -0.25) is 9.36 Å². The molecule has 7 nitrogen and oxygen atoms in total. The average molecular weight is 640 g/mol. The third-order valence-electron chi connectivity index (χ3n) is 7.94. The van der Waals surface area contributed by atoms with Crippen LogP contribution in [0.1, 0.15) is 66.1 Å². The number of nitrogens with zero attached hydrogens (tertiary/aromatic N) is 3. The third-order valence-corrected chi connectivity index (χ3v) is 8.92. The maximum atomic E-state index is 14.2. The number of carbonyl (C=O) groups excluding carboxylic acids is 1. The molecule has 0 fully saturated rings. The number of hydrogen-bond donors (Lipinski definition) is 0. The molecule has 0 unspecified atom stereocenters. The van der Waals surface area contributed by atoms with Crippen molar-refractivity contribution in [2.24, 2.45) is 4.99 Å². The molecular formula is C39H33N3O4S. The van der Waals surface area contributed by atoms with Crippen LogP contribution < -0.4 is 19.6 Å². The summed E-state index contributed by atoms with van der Waals surface area (Å²) in [4.78, 5) is 33.4. The molecule has 0 aliphatic carbocycles. The second kappa shape index (κ2) is 13.9. The molecular weight excluding hydrogens is 607 g/mol. The van der Waals surface area contributed by atoms with Crippen LogP contribution in [0.15, 0.2) is 118 Å². The topological polar surface area (TPSA) is 93.7 Å². The highest BCUT2D eigenvalue weighted by molar-refractivity contribution is 7.07. The molecule has 1 aliphatic rings. The van der Waals surface area contributed by atoms with Crippen LogP contribution in [0.25, 0.3) is 11.8 Å². The zero-order valence-corrected chi connectivity index (χ0v) is 27.2. The summed E-state index contributed by atoms with van der Waals surface area (Å²) >= 11 is 1.28. The lowest BCUT2D eigenvalue weighted by Crippen LogP contribution is -2.40. The molecule has 5 aromatic rings. The fourth-order valence-electron chi connectivity index (χ4n) is 5.51. The Morgan fingerprint density at radius 2 is 1.74 bits per heavy atom. The highest BCUT2D eigenvalue weighted by Crippen LogP contribution is 2.35. The number of esters is 1. The first kappa shape index (κ1) is 31.5. The van der Waals surface area contributed by atoms with E-state index in [0.717, 1.165) is 27.8 Å². The van der Waals surface area contributed by atoms with Crippen LogP contribution in [-0.4, -0.2) is 17.1 Å². The van der Waals surface area contributed by atoms with Crippen LogP contribution in [-0.2, 0) is 16.1 Å². The number of rotatable bonds is 9. The van der Waals surface area contributed by atoms with Gasteiger partial charge in [0.2, 0.25) is 0 Å². The van der Waals surface area contributed by atoms with E-state index in [2.05, 4.69) is 19.9 Å². The lowest BCUT2D eigenvalue weighted by Gasteiger charge is -2.26. The molecule has 1 atom stereocenters. The van der Waals surface area contributed by atoms with Crippen LogP contribution in [0.2, 0.25) is 0 Å². The van der Waals surface area contributed by atoms with E-state index in [0.29, 0.717) is 44.4 Å². The van der Waals surface area contributed by atoms with E-state index in [4.69, 9.17) is 19.7 Å². The summed E-state index contributed by atoms with van der Waals surface area (Å²) in [6.45, 7) is 6.55. The van der Waals surface area contributed by atoms with Gasteiger partial charge in [-0.25, -0.2) is 9.79 Å². The van der Waals surface area contributed by atoms with Crippen molar-refractivity contribution in [1.82, 2.24) is 4.57 Å². The van der Waals surface area contributed by atoms with Crippen molar-refractivity contribution in [3.63, 3.8) is 0 Å². The van der Waals surface area contributed by atoms with Crippen LogP contribution in [0.4, 0.5) is 0 Å². The maximum absolute atomic E-state index is 14.2. The Bertz CT molecular complexity index is 2170. The summed E-state index contributed by atoms with van der Waals surface area (Å²) in [5, 5.41) is 9.05. The molecule has 4 aromatic carbocycles. The predicted molar refractivity (Wildman–Crippen MR) is 184 cm³/mol. The third kappa shape index (κ3) is 6.71. The van der Waals surface area contributed by atoms with E-state index >= 15 is 0 Å². The first-order chi connectivity index (χ1) is 22.9. The van der Waals surface area contributed by atoms with Crippen molar-refractivity contribution in [3.8, 4) is 11.8 Å². The average Bonchev–Trinajstić information content (AvgIpc) is 3.41. The molecule has 234 valence electrons. The fraction of sp³-hybridized carbons (Fsp3) is 0.179. The van der Waals surface area contributed by atoms with Gasteiger partial charge in [-0.2, -0.15) is 5.26 Å². The molecule has 0 bridgehead atoms. The number of thiazole rings is 1. The van der Waals surface area contributed by atoms with Crippen LogP contribution >= 0.6 is 11.3 Å². The Balaban J connectivity index is 1.46. The second-order valence-electron chi connectivity index (χ2n) is 11.4. The minimum atomic E-state index is -0.731. The summed E-state index contributed by atoms with van der Waals surface area (Å²) in [7, 11) is 0. The van der Waals surface area contributed by atoms with Crippen LogP contribution in [0.5, 0.6) is 5.75 Å². The standard InChI is InChI=1S/C39H33N3O4S/c1-4-45-38(44)34-35(30-10-6-5-7-11-30)41-39-42(36(34)31-19-17-29(18-20-31)25(2)3)37(43)33(47-39)22-28-9-8-12-32(21-28)46-24-27-15-13-26(23-40)14-16-27/h5-22,25,36H,4,24H2,1-3H3/b33-22-/t36-/m0/s1. The second-order valence-corrected chi connectivity index (χ2v) is 12.4. The SMILES string of the molecule is CCOC(=O)C1=C(c2ccccc2)N=c2s/c(=C\c3cccc(OCc4ccc(C#N)cc4)c3)c(=O)n2[C@H]1c1ccc(C(C)C)cc1. The molecule has 8 heteroatoms. The zero-order valence-electron chi connectivity index (χ0n) is 26.3. The Morgan fingerprint density at radius 1 is 1.00 bits per heavy atom. The minimum Gasteiger partial charge on any atom is -0.489 e. The van der Waals surface area contributed by atoms with Crippen molar-refractivity contribution in [1.29, 1.82) is 5.26 Å². The number of aromatic nitrogens is 1. The minimum absolute atomic E-state index is 0.192. The van der Waals surface area contributed by atoms with Gasteiger partial charge in [0.25, 0.3) is 5.56 Å². The zero-order chi connectivity index (χ0) is 32.9. The molecule has 47 heavy (non-hydrogen) atoms. The van der Waals surface area contributed by atoms with E-state index in [1.807, 2.05) is 97.1 Å². The molecule has 0 amide bonds. The summed E-state index contributed by atoms with van der Waals surface area (Å²) < 4.78 is 13.7. The normalized spacial score (nSPS) is 14.4. The van der Waals surface area contributed by atoms with E-state index in [1.54, 1.807) is 23.6 Å². The van der Waals surface area contributed by atoms with Crippen LogP contribution in [0.3, 0.4) is 0 Å². The number of hydrogen-bond acceptors (Lipinski definition) is 7. The van der Waals surface area contributed by atoms with Crippen molar-refractivity contribution in [2.45, 2.75) is 39.3 Å². The number of fused-ring (bicyclic) bond motifs is 1. The van der Waals surface area contributed by atoms with Crippen molar-refractivity contribution in [2.75, 3.05) is 6.61 Å². The molecule has 0 N–H and O–H groups in total. The van der Waals surface area contributed by atoms with Gasteiger partial charge in [0.1, 0.15) is 12.4 Å². The molecule has 0 spiro atoms. The number of benzene rings is 4. The Morgan fingerprint density at radius 3 is 2.43 bits per heavy atom. The van der Waals surface area contributed by atoms with Crippen molar-refractivity contribution in [3.05, 3.63) is 162 Å². The molecule has 0 saturated heterocycles. The van der Waals surface area contributed by atoms with E-state index in [1.165, 1.54) is 11.3 Å². The van der Waals surface area contributed by atoms with Gasteiger partial charge in [0.05, 0.1) is 40.1 Å². The molecule has 2 heterocycles.